The number of hydrogen-bond acceptors (Lipinski definition) is 6. The van der Waals surface area contributed by atoms with Crippen LogP contribution in [0.25, 0.3) is 11.3 Å². The largest absolute Gasteiger partial charge is 0.354 e. The van der Waals surface area contributed by atoms with Crippen LogP contribution in [-0.4, -0.2) is 47.0 Å². The van der Waals surface area contributed by atoms with Gasteiger partial charge in [0.2, 0.25) is 5.95 Å². The summed E-state index contributed by atoms with van der Waals surface area (Å²) in [6.07, 6.45) is 4.08. The van der Waals surface area contributed by atoms with E-state index >= 15 is 0 Å². The maximum Gasteiger partial charge on any atom is 0.225 e. The summed E-state index contributed by atoms with van der Waals surface area (Å²) in [6.45, 7) is 1.49. The Hall–Kier alpha value is -3.20. The van der Waals surface area contributed by atoms with E-state index in [9.17, 15) is 13.2 Å². The Morgan fingerprint density at radius 1 is 0.966 bits per heavy atom. The van der Waals surface area contributed by atoms with E-state index in [1.165, 1.54) is 6.07 Å². The zero-order valence-corrected chi connectivity index (χ0v) is 16.1. The Labute approximate surface area is 166 Å². The topological polar surface area (TPSA) is 66.0 Å². The van der Waals surface area contributed by atoms with Gasteiger partial charge in [-0.05, 0) is 51.3 Å². The summed E-state index contributed by atoms with van der Waals surface area (Å²) < 4.78 is 41.6. The lowest BCUT2D eigenvalue weighted by molar-refractivity contribution is 0.405. The molecule has 3 aromatic rings. The normalized spacial score (nSPS) is 11.0. The number of nitrogens with one attached hydrogen (secondary N) is 2. The maximum atomic E-state index is 14.0. The van der Waals surface area contributed by atoms with Gasteiger partial charge in [-0.2, -0.15) is 4.98 Å². The lowest BCUT2D eigenvalue weighted by Gasteiger charge is -2.13. The van der Waals surface area contributed by atoms with Crippen LogP contribution in [0.1, 0.15) is 6.42 Å². The number of nitrogens with zero attached hydrogens (tertiary/aromatic N) is 4. The standard InChI is InChI=1S/C20H21F3N6/c1-29(2)11-3-8-25-20-26-16(13-6-9-24-10-7-13)12-17(28-20)27-19-15(22)5-4-14(21)18(19)23/h4-7,9-10,12H,3,8,11H2,1-2H3,(H2,25,26,27,28). The molecule has 0 amide bonds. The third kappa shape index (κ3) is 5.41. The Morgan fingerprint density at radius 3 is 2.41 bits per heavy atom. The molecule has 0 aliphatic rings. The SMILES string of the molecule is CN(C)CCCNc1nc(Nc2c(F)ccc(F)c2F)cc(-c2ccncc2)n1. The fourth-order valence-electron chi connectivity index (χ4n) is 2.63. The van der Waals surface area contributed by atoms with Crippen molar-refractivity contribution in [2.75, 3.05) is 37.8 Å². The van der Waals surface area contributed by atoms with Crippen molar-refractivity contribution in [1.82, 2.24) is 19.9 Å². The van der Waals surface area contributed by atoms with E-state index in [4.69, 9.17) is 0 Å². The third-order valence-electron chi connectivity index (χ3n) is 4.06. The Morgan fingerprint density at radius 2 is 1.69 bits per heavy atom. The van der Waals surface area contributed by atoms with Crippen molar-refractivity contribution >= 4 is 17.5 Å². The second-order valence-corrected chi connectivity index (χ2v) is 6.62. The fraction of sp³-hybridized carbons (Fsp3) is 0.250. The summed E-state index contributed by atoms with van der Waals surface area (Å²) in [5.74, 6) is -2.97. The number of rotatable bonds is 8. The summed E-state index contributed by atoms with van der Waals surface area (Å²) in [5, 5.41) is 5.65. The maximum absolute atomic E-state index is 14.0. The second-order valence-electron chi connectivity index (χ2n) is 6.62. The van der Waals surface area contributed by atoms with Gasteiger partial charge in [0.15, 0.2) is 11.6 Å². The number of aromatic nitrogens is 3. The van der Waals surface area contributed by atoms with Crippen molar-refractivity contribution in [2.24, 2.45) is 0 Å². The highest BCUT2D eigenvalue weighted by molar-refractivity contribution is 5.67. The molecule has 3 rings (SSSR count). The van der Waals surface area contributed by atoms with Gasteiger partial charge in [0.1, 0.15) is 17.3 Å². The summed E-state index contributed by atoms with van der Waals surface area (Å²) >= 11 is 0. The quantitative estimate of drug-likeness (QED) is 0.438. The first-order chi connectivity index (χ1) is 13.9. The van der Waals surface area contributed by atoms with Gasteiger partial charge >= 0.3 is 0 Å². The van der Waals surface area contributed by atoms with Gasteiger partial charge in [0.25, 0.3) is 0 Å². The van der Waals surface area contributed by atoms with Crippen molar-refractivity contribution in [1.29, 1.82) is 0 Å². The highest BCUT2D eigenvalue weighted by Gasteiger charge is 2.16. The van der Waals surface area contributed by atoms with Crippen LogP contribution in [0, 0.1) is 17.5 Å². The van der Waals surface area contributed by atoms with E-state index in [0.29, 0.717) is 12.2 Å². The van der Waals surface area contributed by atoms with Crippen LogP contribution in [-0.2, 0) is 0 Å². The van der Waals surface area contributed by atoms with Gasteiger partial charge in [0, 0.05) is 30.6 Å². The van der Waals surface area contributed by atoms with Crippen LogP contribution < -0.4 is 10.6 Å². The third-order valence-corrected chi connectivity index (χ3v) is 4.06. The van der Waals surface area contributed by atoms with Crippen LogP contribution in [0.4, 0.5) is 30.6 Å². The lowest BCUT2D eigenvalue weighted by atomic mass is 10.2. The highest BCUT2D eigenvalue weighted by Crippen LogP contribution is 2.27. The molecular weight excluding hydrogens is 381 g/mol. The first kappa shape index (κ1) is 20.5. The average molecular weight is 402 g/mol. The molecule has 0 aliphatic heterocycles. The Kier molecular flexibility index (Phi) is 6.61. The minimum Gasteiger partial charge on any atom is -0.354 e. The van der Waals surface area contributed by atoms with Crippen LogP contribution in [0.2, 0.25) is 0 Å². The van der Waals surface area contributed by atoms with E-state index in [-0.39, 0.29) is 11.8 Å². The first-order valence-corrected chi connectivity index (χ1v) is 9.02. The summed E-state index contributed by atoms with van der Waals surface area (Å²) in [7, 11) is 3.95. The molecule has 1 aromatic carbocycles. The Balaban J connectivity index is 1.91. The smallest absolute Gasteiger partial charge is 0.225 e. The molecule has 0 aliphatic carbocycles. The van der Waals surface area contributed by atoms with E-state index < -0.39 is 23.1 Å². The van der Waals surface area contributed by atoms with Crippen molar-refractivity contribution in [3.63, 3.8) is 0 Å². The molecule has 0 saturated heterocycles. The minimum absolute atomic E-state index is 0.130. The van der Waals surface area contributed by atoms with Gasteiger partial charge in [-0.15, -0.1) is 0 Å². The van der Waals surface area contributed by atoms with Crippen LogP contribution in [0.5, 0.6) is 0 Å². The molecule has 0 bridgehead atoms. The zero-order chi connectivity index (χ0) is 20.8. The van der Waals surface area contributed by atoms with E-state index in [1.54, 1.807) is 24.5 Å². The van der Waals surface area contributed by atoms with Crippen LogP contribution in [0.3, 0.4) is 0 Å². The number of halogens is 3. The summed E-state index contributed by atoms with van der Waals surface area (Å²) in [6, 6.07) is 6.63. The zero-order valence-electron chi connectivity index (χ0n) is 16.1. The molecule has 0 radical (unpaired) electrons. The molecule has 0 atom stereocenters. The molecule has 152 valence electrons. The van der Waals surface area contributed by atoms with Gasteiger partial charge in [0.05, 0.1) is 5.69 Å². The molecule has 2 N–H and O–H groups in total. The average Bonchev–Trinajstić information content (AvgIpc) is 2.72. The molecule has 9 heteroatoms. The molecule has 29 heavy (non-hydrogen) atoms. The lowest BCUT2D eigenvalue weighted by Crippen LogP contribution is -2.17. The van der Waals surface area contributed by atoms with Crippen LogP contribution >= 0.6 is 0 Å². The molecule has 0 fully saturated rings. The predicted octanol–water partition coefficient (Wildman–Crippen LogP) is 4.06. The van der Waals surface area contributed by atoms with Gasteiger partial charge in [-0.25, -0.2) is 18.2 Å². The first-order valence-electron chi connectivity index (χ1n) is 9.02. The molecule has 0 spiro atoms. The van der Waals surface area contributed by atoms with E-state index in [0.717, 1.165) is 30.7 Å². The van der Waals surface area contributed by atoms with Crippen molar-refractivity contribution in [2.45, 2.75) is 6.42 Å². The van der Waals surface area contributed by atoms with Gasteiger partial charge in [-0.3, -0.25) is 4.98 Å². The molecule has 6 nitrogen and oxygen atoms in total. The Bertz CT molecular complexity index is 966. The second kappa shape index (κ2) is 9.33. The monoisotopic (exact) mass is 402 g/mol. The molecular formula is C20H21F3N6. The van der Waals surface area contributed by atoms with Crippen LogP contribution in [0.15, 0.2) is 42.7 Å². The highest BCUT2D eigenvalue weighted by atomic mass is 19.2. The van der Waals surface area contributed by atoms with E-state index in [2.05, 4.69) is 30.5 Å². The van der Waals surface area contributed by atoms with E-state index in [1.807, 2.05) is 14.1 Å². The van der Waals surface area contributed by atoms with Crippen molar-refractivity contribution in [3.8, 4) is 11.3 Å². The summed E-state index contributed by atoms with van der Waals surface area (Å²) in [5.41, 5.74) is 0.669. The predicted molar refractivity (Wildman–Crippen MR) is 107 cm³/mol. The number of pyridine rings is 1. The molecule has 0 saturated carbocycles. The fourth-order valence-corrected chi connectivity index (χ4v) is 2.63. The van der Waals surface area contributed by atoms with Gasteiger partial charge in [-0.1, -0.05) is 0 Å². The van der Waals surface area contributed by atoms with Gasteiger partial charge < -0.3 is 15.5 Å². The molecule has 2 aromatic heterocycles. The number of hydrogen-bond donors (Lipinski definition) is 2. The molecule has 2 heterocycles. The minimum atomic E-state index is -1.31. The summed E-state index contributed by atoms with van der Waals surface area (Å²) in [4.78, 5) is 14.8. The van der Waals surface area contributed by atoms with Crippen molar-refractivity contribution < 1.29 is 13.2 Å². The van der Waals surface area contributed by atoms with Crippen molar-refractivity contribution in [3.05, 3.63) is 60.2 Å². The number of anilines is 3. The molecule has 0 unspecified atom stereocenters. The number of benzene rings is 1.